The Hall–Kier alpha value is -0.590. The van der Waals surface area contributed by atoms with Gasteiger partial charge in [-0.3, -0.25) is 10.1 Å². The van der Waals surface area contributed by atoms with Gasteiger partial charge in [0.25, 0.3) is 5.69 Å². The molecule has 0 bridgehead atoms. The van der Waals surface area contributed by atoms with Crippen LogP contribution in [-0.4, -0.2) is 22.0 Å². The number of hydrogen-bond donors (Lipinski definition) is 1. The van der Waals surface area contributed by atoms with E-state index >= 15 is 0 Å². The Kier molecular flexibility index (Phi) is 5.86. The van der Waals surface area contributed by atoms with Crippen LogP contribution in [0.4, 0.5) is 5.69 Å². The van der Waals surface area contributed by atoms with Crippen molar-refractivity contribution in [2.45, 2.75) is 44.0 Å². The lowest BCUT2D eigenvalue weighted by molar-refractivity contribution is -0.385. The number of halogens is 1. The van der Waals surface area contributed by atoms with Gasteiger partial charge in [-0.2, -0.15) is 11.8 Å². The van der Waals surface area contributed by atoms with Gasteiger partial charge >= 0.3 is 0 Å². The van der Waals surface area contributed by atoms with Crippen molar-refractivity contribution in [2.24, 2.45) is 0 Å². The zero-order valence-electron chi connectivity index (χ0n) is 11.5. The molecule has 1 aliphatic rings. The predicted octanol–water partition coefficient (Wildman–Crippen LogP) is 4.12. The van der Waals surface area contributed by atoms with Gasteiger partial charge < -0.3 is 5.32 Å². The first-order valence-corrected chi connectivity index (χ1v) is 8.73. The minimum absolute atomic E-state index is 0.185. The SMILES string of the molecule is CCSC1CCCC1NCc1ccc(Br)cc1[N+](=O)[O-]. The van der Waals surface area contributed by atoms with Crippen molar-refractivity contribution in [3.63, 3.8) is 0 Å². The van der Waals surface area contributed by atoms with Crippen LogP contribution in [0.3, 0.4) is 0 Å². The van der Waals surface area contributed by atoms with Crippen molar-refractivity contribution in [2.75, 3.05) is 5.75 Å². The molecule has 1 N–H and O–H groups in total. The highest BCUT2D eigenvalue weighted by Gasteiger charge is 2.27. The molecule has 0 spiro atoms. The fourth-order valence-electron chi connectivity index (χ4n) is 2.67. The van der Waals surface area contributed by atoms with Crippen molar-refractivity contribution in [1.29, 1.82) is 0 Å². The second kappa shape index (κ2) is 7.43. The molecule has 20 heavy (non-hydrogen) atoms. The fraction of sp³-hybridized carbons (Fsp3) is 0.571. The quantitative estimate of drug-likeness (QED) is 0.613. The summed E-state index contributed by atoms with van der Waals surface area (Å²) in [4.78, 5) is 10.8. The summed E-state index contributed by atoms with van der Waals surface area (Å²) in [5.41, 5.74) is 0.940. The summed E-state index contributed by atoms with van der Waals surface area (Å²) in [6.45, 7) is 2.74. The molecular weight excluding hydrogens is 340 g/mol. The number of nitro groups is 1. The third-order valence-electron chi connectivity index (χ3n) is 3.63. The van der Waals surface area contributed by atoms with Gasteiger partial charge in [0.2, 0.25) is 0 Å². The van der Waals surface area contributed by atoms with Gasteiger partial charge in [0.05, 0.1) is 4.92 Å². The van der Waals surface area contributed by atoms with Crippen LogP contribution in [0.2, 0.25) is 0 Å². The summed E-state index contributed by atoms with van der Waals surface area (Å²) < 4.78 is 0.744. The summed E-state index contributed by atoms with van der Waals surface area (Å²) in [5.74, 6) is 1.13. The van der Waals surface area contributed by atoms with Crippen LogP contribution in [0.15, 0.2) is 22.7 Å². The molecule has 0 aromatic heterocycles. The Morgan fingerprint density at radius 2 is 2.30 bits per heavy atom. The highest BCUT2D eigenvalue weighted by Crippen LogP contribution is 2.30. The molecule has 1 aromatic rings. The van der Waals surface area contributed by atoms with Crippen molar-refractivity contribution < 1.29 is 4.92 Å². The molecule has 4 nitrogen and oxygen atoms in total. The Labute approximate surface area is 132 Å². The highest BCUT2D eigenvalue weighted by molar-refractivity contribution is 9.10. The summed E-state index contributed by atoms with van der Waals surface area (Å²) in [5, 5.41) is 15.2. The molecule has 1 aliphatic carbocycles. The minimum atomic E-state index is -0.311. The van der Waals surface area contributed by atoms with E-state index in [0.717, 1.165) is 15.8 Å². The van der Waals surface area contributed by atoms with E-state index in [0.29, 0.717) is 17.8 Å². The van der Waals surface area contributed by atoms with E-state index in [4.69, 9.17) is 0 Å². The van der Waals surface area contributed by atoms with E-state index in [1.807, 2.05) is 23.9 Å². The third kappa shape index (κ3) is 3.96. The maximum Gasteiger partial charge on any atom is 0.275 e. The van der Waals surface area contributed by atoms with Gasteiger partial charge in [0.15, 0.2) is 0 Å². The molecule has 0 saturated heterocycles. The number of thioether (sulfide) groups is 1. The molecule has 0 aliphatic heterocycles. The Bertz CT molecular complexity index is 484. The number of nitrogens with zero attached hydrogens (tertiary/aromatic N) is 1. The second-order valence-electron chi connectivity index (χ2n) is 4.94. The van der Waals surface area contributed by atoms with Gasteiger partial charge in [-0.25, -0.2) is 0 Å². The number of nitrogens with one attached hydrogen (secondary N) is 1. The molecular formula is C14H19BrN2O2S. The van der Waals surface area contributed by atoms with Crippen LogP contribution in [0.1, 0.15) is 31.7 Å². The minimum Gasteiger partial charge on any atom is -0.309 e. The summed E-state index contributed by atoms with van der Waals surface area (Å²) in [6.07, 6.45) is 3.67. The fourth-order valence-corrected chi connectivity index (χ4v) is 4.25. The lowest BCUT2D eigenvalue weighted by atomic mass is 10.1. The molecule has 110 valence electrons. The molecule has 0 heterocycles. The number of rotatable bonds is 6. The van der Waals surface area contributed by atoms with Gasteiger partial charge in [-0.1, -0.05) is 29.3 Å². The average Bonchev–Trinajstić information content (AvgIpc) is 2.85. The summed E-state index contributed by atoms with van der Waals surface area (Å²) in [7, 11) is 0. The van der Waals surface area contributed by atoms with Gasteiger partial charge in [-0.15, -0.1) is 0 Å². The Morgan fingerprint density at radius 3 is 3.00 bits per heavy atom. The lowest BCUT2D eigenvalue weighted by Gasteiger charge is -2.20. The van der Waals surface area contributed by atoms with E-state index in [-0.39, 0.29) is 10.6 Å². The molecule has 0 amide bonds. The average molecular weight is 359 g/mol. The highest BCUT2D eigenvalue weighted by atomic mass is 79.9. The van der Waals surface area contributed by atoms with Crippen molar-refractivity contribution in [3.8, 4) is 0 Å². The zero-order chi connectivity index (χ0) is 14.5. The topological polar surface area (TPSA) is 55.2 Å². The number of nitro benzene ring substituents is 1. The van der Waals surface area contributed by atoms with Crippen LogP contribution < -0.4 is 5.32 Å². The first-order valence-electron chi connectivity index (χ1n) is 6.89. The lowest BCUT2D eigenvalue weighted by Crippen LogP contribution is -2.33. The standard InChI is InChI=1S/C14H19BrN2O2S/c1-2-20-14-5-3-4-12(14)16-9-10-6-7-11(15)8-13(10)17(18)19/h6-8,12,14,16H,2-5,9H2,1H3. The largest absolute Gasteiger partial charge is 0.309 e. The van der Waals surface area contributed by atoms with E-state index in [1.54, 1.807) is 6.07 Å². The zero-order valence-corrected chi connectivity index (χ0v) is 13.9. The smallest absolute Gasteiger partial charge is 0.275 e. The first kappa shape index (κ1) is 15.8. The van der Waals surface area contributed by atoms with Crippen molar-refractivity contribution in [1.82, 2.24) is 5.32 Å². The van der Waals surface area contributed by atoms with Gasteiger partial charge in [0, 0.05) is 33.9 Å². The van der Waals surface area contributed by atoms with Crippen molar-refractivity contribution >= 4 is 33.4 Å². The predicted molar refractivity (Wildman–Crippen MR) is 87.2 cm³/mol. The van der Waals surface area contributed by atoms with Crippen LogP contribution >= 0.6 is 27.7 Å². The molecule has 1 saturated carbocycles. The van der Waals surface area contributed by atoms with Crippen molar-refractivity contribution in [3.05, 3.63) is 38.3 Å². The van der Waals surface area contributed by atoms with Gasteiger partial charge in [0.1, 0.15) is 0 Å². The van der Waals surface area contributed by atoms with E-state index < -0.39 is 0 Å². The third-order valence-corrected chi connectivity index (χ3v) is 5.45. The Balaban J connectivity index is 2.02. The van der Waals surface area contributed by atoms with Gasteiger partial charge in [-0.05, 0) is 30.7 Å². The Morgan fingerprint density at radius 1 is 1.50 bits per heavy atom. The van der Waals surface area contributed by atoms with E-state index in [2.05, 4.69) is 28.2 Å². The molecule has 0 radical (unpaired) electrons. The molecule has 1 fully saturated rings. The first-order chi connectivity index (χ1) is 9.61. The maximum absolute atomic E-state index is 11.1. The summed E-state index contributed by atoms with van der Waals surface area (Å²) in [6, 6.07) is 5.73. The van der Waals surface area contributed by atoms with E-state index in [9.17, 15) is 10.1 Å². The van der Waals surface area contributed by atoms with Crippen LogP contribution in [0.25, 0.3) is 0 Å². The monoisotopic (exact) mass is 358 g/mol. The normalized spacial score (nSPS) is 22.1. The van der Waals surface area contributed by atoms with Crippen LogP contribution in [0.5, 0.6) is 0 Å². The number of benzene rings is 1. The molecule has 1 aromatic carbocycles. The molecule has 6 heteroatoms. The van der Waals surface area contributed by atoms with Crippen LogP contribution in [-0.2, 0) is 6.54 Å². The molecule has 2 rings (SSSR count). The summed E-state index contributed by atoms with van der Waals surface area (Å²) >= 11 is 5.28. The molecule has 2 atom stereocenters. The maximum atomic E-state index is 11.1. The van der Waals surface area contributed by atoms with Crippen LogP contribution in [0, 0.1) is 10.1 Å². The second-order valence-corrected chi connectivity index (χ2v) is 7.37. The van der Waals surface area contributed by atoms with E-state index in [1.165, 1.54) is 19.3 Å². The molecule has 2 unspecified atom stereocenters. The number of hydrogen-bond acceptors (Lipinski definition) is 4.